The molecule has 1 aliphatic heterocycles. The Balaban J connectivity index is 1.33. The van der Waals surface area contributed by atoms with Gasteiger partial charge in [-0.15, -0.1) is 5.10 Å². The van der Waals surface area contributed by atoms with E-state index in [2.05, 4.69) is 14.9 Å². The summed E-state index contributed by atoms with van der Waals surface area (Å²) < 4.78 is 15.0. The highest BCUT2D eigenvalue weighted by atomic mass is 19.1. The number of anilines is 1. The minimum Gasteiger partial charge on any atom is -0.368 e. The van der Waals surface area contributed by atoms with Gasteiger partial charge in [-0.1, -0.05) is 24.3 Å². The van der Waals surface area contributed by atoms with Crippen LogP contribution in [-0.2, 0) is 11.2 Å². The fraction of sp³-hybridized carbons (Fsp3) is 0.308. The number of amides is 1. The Morgan fingerprint density at radius 2 is 1.65 bits per heavy atom. The molecule has 0 atom stereocenters. The minimum absolute atomic E-state index is 0.0744. The van der Waals surface area contributed by atoms with E-state index in [0.29, 0.717) is 24.7 Å². The maximum Gasteiger partial charge on any atom is 0.253 e. The van der Waals surface area contributed by atoms with Crippen molar-refractivity contribution < 1.29 is 9.18 Å². The summed E-state index contributed by atoms with van der Waals surface area (Å²) in [6, 6.07) is 14.5. The van der Waals surface area contributed by atoms with Crippen LogP contribution in [0, 0.1) is 26.6 Å². The van der Waals surface area contributed by atoms with Crippen LogP contribution in [-0.4, -0.2) is 56.6 Å². The quantitative estimate of drug-likeness (QED) is 0.466. The summed E-state index contributed by atoms with van der Waals surface area (Å²) in [5.74, 6) is 1.00. The number of aryl methyl sites for hydroxylation is 3. The number of benzene rings is 2. The highest BCUT2D eigenvalue weighted by molar-refractivity contribution is 5.79. The highest BCUT2D eigenvalue weighted by Crippen LogP contribution is 2.23. The lowest BCUT2D eigenvalue weighted by molar-refractivity contribution is -0.130. The van der Waals surface area contributed by atoms with Crippen molar-refractivity contribution in [1.82, 2.24) is 24.5 Å². The lowest BCUT2D eigenvalue weighted by Gasteiger charge is -2.36. The lowest BCUT2D eigenvalue weighted by Crippen LogP contribution is -2.49. The molecule has 0 spiro atoms. The van der Waals surface area contributed by atoms with Gasteiger partial charge in [-0.2, -0.15) is 4.98 Å². The molecule has 3 heterocycles. The van der Waals surface area contributed by atoms with E-state index in [9.17, 15) is 9.18 Å². The molecule has 1 aliphatic rings. The Morgan fingerprint density at radius 1 is 0.941 bits per heavy atom. The normalized spacial score (nSPS) is 14.1. The van der Waals surface area contributed by atoms with E-state index in [1.54, 1.807) is 16.6 Å². The lowest BCUT2D eigenvalue weighted by atomic mass is 10.1. The monoisotopic (exact) mass is 458 g/mol. The number of aromatic nitrogens is 4. The average molecular weight is 459 g/mol. The molecule has 1 amide bonds. The van der Waals surface area contributed by atoms with Crippen molar-refractivity contribution in [3.63, 3.8) is 0 Å². The van der Waals surface area contributed by atoms with E-state index in [1.165, 1.54) is 12.1 Å². The number of carbonyl (C=O) groups excluding carboxylic acids is 1. The van der Waals surface area contributed by atoms with Gasteiger partial charge in [-0.05, 0) is 50.6 Å². The first-order chi connectivity index (χ1) is 16.4. The van der Waals surface area contributed by atoms with Crippen molar-refractivity contribution in [3.8, 4) is 11.4 Å². The van der Waals surface area contributed by atoms with Crippen LogP contribution >= 0.6 is 0 Å². The Bertz CT molecular complexity index is 1360. The number of carbonyl (C=O) groups is 1. The van der Waals surface area contributed by atoms with Crippen LogP contribution in [0.4, 0.5) is 10.1 Å². The predicted molar refractivity (Wildman–Crippen MR) is 129 cm³/mol. The third-order valence-corrected chi connectivity index (χ3v) is 6.59. The van der Waals surface area contributed by atoms with Gasteiger partial charge >= 0.3 is 0 Å². The maximum absolute atomic E-state index is 13.2. The number of hydrogen-bond acceptors (Lipinski definition) is 5. The summed E-state index contributed by atoms with van der Waals surface area (Å²) in [6.45, 7) is 8.62. The molecule has 1 saturated heterocycles. The van der Waals surface area contributed by atoms with Crippen molar-refractivity contribution in [3.05, 3.63) is 76.9 Å². The van der Waals surface area contributed by atoms with Gasteiger partial charge in [0, 0.05) is 54.4 Å². The first-order valence-corrected chi connectivity index (χ1v) is 11.5. The Kier molecular flexibility index (Phi) is 5.73. The van der Waals surface area contributed by atoms with E-state index in [0.717, 1.165) is 46.9 Å². The van der Waals surface area contributed by atoms with Crippen molar-refractivity contribution in [2.75, 3.05) is 31.1 Å². The number of rotatable bonds is 4. The van der Waals surface area contributed by atoms with Crippen molar-refractivity contribution >= 4 is 17.4 Å². The molecule has 2 aromatic heterocycles. The largest absolute Gasteiger partial charge is 0.368 e. The Labute approximate surface area is 197 Å². The first kappa shape index (κ1) is 22.0. The minimum atomic E-state index is -0.243. The third-order valence-electron chi connectivity index (χ3n) is 6.59. The molecular formula is C26H27FN6O. The smallest absolute Gasteiger partial charge is 0.253 e. The molecule has 0 saturated carbocycles. The van der Waals surface area contributed by atoms with Gasteiger partial charge in [0.25, 0.3) is 5.78 Å². The third kappa shape index (κ3) is 4.11. The van der Waals surface area contributed by atoms with E-state index in [-0.39, 0.29) is 18.1 Å². The van der Waals surface area contributed by atoms with Crippen LogP contribution in [0.25, 0.3) is 17.2 Å². The van der Waals surface area contributed by atoms with E-state index < -0.39 is 0 Å². The van der Waals surface area contributed by atoms with Crippen LogP contribution in [0.3, 0.4) is 0 Å². The maximum atomic E-state index is 13.2. The second-order valence-corrected chi connectivity index (χ2v) is 8.74. The predicted octanol–water partition coefficient (Wildman–Crippen LogP) is 3.75. The molecular weight excluding hydrogens is 431 g/mol. The topological polar surface area (TPSA) is 66.6 Å². The van der Waals surface area contributed by atoms with Gasteiger partial charge in [-0.25, -0.2) is 13.9 Å². The zero-order valence-corrected chi connectivity index (χ0v) is 19.6. The Morgan fingerprint density at radius 3 is 2.35 bits per heavy atom. The molecule has 7 nitrogen and oxygen atoms in total. The van der Waals surface area contributed by atoms with Crippen LogP contribution in [0.2, 0.25) is 0 Å². The molecule has 0 aliphatic carbocycles. The molecule has 4 aromatic rings. The van der Waals surface area contributed by atoms with Gasteiger partial charge in [0.1, 0.15) is 5.82 Å². The molecule has 0 unspecified atom stereocenters. The summed E-state index contributed by atoms with van der Waals surface area (Å²) in [6.07, 6.45) is 0.275. The second kappa shape index (κ2) is 8.85. The zero-order valence-electron chi connectivity index (χ0n) is 19.6. The molecule has 0 N–H and O–H groups in total. The van der Waals surface area contributed by atoms with E-state index in [4.69, 9.17) is 5.10 Å². The molecule has 174 valence electrons. The molecule has 0 radical (unpaired) electrons. The van der Waals surface area contributed by atoms with Crippen molar-refractivity contribution in [2.24, 2.45) is 0 Å². The summed E-state index contributed by atoms with van der Waals surface area (Å²) >= 11 is 0. The molecule has 8 heteroatoms. The van der Waals surface area contributed by atoms with Gasteiger partial charge in [0.15, 0.2) is 5.82 Å². The van der Waals surface area contributed by atoms with Gasteiger partial charge in [0.2, 0.25) is 5.91 Å². The number of fused-ring (bicyclic) bond motifs is 1. The van der Waals surface area contributed by atoms with Gasteiger partial charge in [0.05, 0.1) is 6.42 Å². The summed E-state index contributed by atoms with van der Waals surface area (Å²) in [4.78, 5) is 26.5. The zero-order chi connectivity index (χ0) is 23.8. The fourth-order valence-electron chi connectivity index (χ4n) is 4.53. The highest BCUT2D eigenvalue weighted by Gasteiger charge is 2.24. The first-order valence-electron chi connectivity index (χ1n) is 11.5. The Hall–Kier alpha value is -3.81. The van der Waals surface area contributed by atoms with Crippen LogP contribution < -0.4 is 4.90 Å². The van der Waals surface area contributed by atoms with Crippen LogP contribution in [0.15, 0.2) is 48.5 Å². The number of hydrogen-bond donors (Lipinski definition) is 0. The summed E-state index contributed by atoms with van der Waals surface area (Å²) in [5.41, 5.74) is 5.62. The second-order valence-electron chi connectivity index (χ2n) is 8.74. The SMILES string of the molecule is Cc1ccccc1-c1nc2nc(C)c(CC(=O)N3CCN(c4ccc(F)cc4)CC3)c(C)n2n1. The summed E-state index contributed by atoms with van der Waals surface area (Å²) in [5, 5.41) is 4.70. The standard InChI is InChI=1S/C26H27FN6O/c1-17-6-4-5-7-22(17)25-29-26-28-18(2)23(19(3)33(26)30-25)16-24(34)32-14-12-31(13-15-32)21-10-8-20(27)9-11-21/h4-11H,12-16H2,1-3H3. The van der Waals surface area contributed by atoms with Gasteiger partial charge in [-0.3, -0.25) is 4.79 Å². The van der Waals surface area contributed by atoms with E-state index in [1.807, 2.05) is 49.9 Å². The van der Waals surface area contributed by atoms with Crippen molar-refractivity contribution in [2.45, 2.75) is 27.2 Å². The van der Waals surface area contributed by atoms with Gasteiger partial charge < -0.3 is 9.80 Å². The number of piperazine rings is 1. The van der Waals surface area contributed by atoms with Crippen LogP contribution in [0.1, 0.15) is 22.5 Å². The van der Waals surface area contributed by atoms with E-state index >= 15 is 0 Å². The summed E-state index contributed by atoms with van der Waals surface area (Å²) in [7, 11) is 0. The number of nitrogens with zero attached hydrogens (tertiary/aromatic N) is 6. The average Bonchev–Trinajstić information content (AvgIpc) is 3.26. The van der Waals surface area contributed by atoms with Crippen molar-refractivity contribution in [1.29, 1.82) is 0 Å². The molecule has 34 heavy (non-hydrogen) atoms. The molecule has 1 fully saturated rings. The molecule has 0 bridgehead atoms. The fourth-order valence-corrected chi connectivity index (χ4v) is 4.53. The molecule has 5 rings (SSSR count). The molecule has 2 aromatic carbocycles. The number of halogens is 1. The van der Waals surface area contributed by atoms with Crippen LogP contribution in [0.5, 0.6) is 0 Å².